The third-order valence-electron chi connectivity index (χ3n) is 5.58. The number of alkyl halides is 3. The van der Waals surface area contributed by atoms with Gasteiger partial charge >= 0.3 is 6.18 Å². The molecule has 4 aromatic rings. The average molecular weight is 658 g/mol. The number of ether oxygens (including phenoxy) is 2. The molecule has 0 atom stereocenters. The smallest absolute Gasteiger partial charge is 0.416 e. The normalized spacial score (nSPS) is 11.2. The topological polar surface area (TPSA) is 109 Å². The highest BCUT2D eigenvalue weighted by Gasteiger charge is 2.30. The number of aromatic nitrogens is 1. The Hall–Kier alpha value is -4.41. The summed E-state index contributed by atoms with van der Waals surface area (Å²) in [6.45, 7) is 2.38. The maximum absolute atomic E-state index is 12.9. The van der Waals surface area contributed by atoms with Crippen molar-refractivity contribution in [3.63, 3.8) is 0 Å². The Morgan fingerprint density at radius 2 is 1.98 bits per heavy atom. The summed E-state index contributed by atoms with van der Waals surface area (Å²) >= 11 is 4.66. The number of amides is 1. The SMILES string of the molecule is CCOc1cc(/C=N\NC(=O)Cc2csc(Nc3cccc(C(F)(F)F)c3)n2)cc(Br)c1OCc1ccccc1C#N. The summed E-state index contributed by atoms with van der Waals surface area (Å²) in [7, 11) is 0. The first-order chi connectivity index (χ1) is 20.2. The second kappa shape index (κ2) is 14.0. The highest BCUT2D eigenvalue weighted by Crippen LogP contribution is 2.37. The van der Waals surface area contributed by atoms with Crippen molar-refractivity contribution in [3.05, 3.63) is 98.5 Å². The van der Waals surface area contributed by atoms with Crippen molar-refractivity contribution in [2.75, 3.05) is 11.9 Å². The summed E-state index contributed by atoms with van der Waals surface area (Å²) in [5, 5.41) is 18.1. The van der Waals surface area contributed by atoms with Gasteiger partial charge in [-0.25, -0.2) is 10.4 Å². The van der Waals surface area contributed by atoms with Crippen LogP contribution >= 0.6 is 27.3 Å². The van der Waals surface area contributed by atoms with Gasteiger partial charge in [0.2, 0.25) is 5.91 Å². The summed E-state index contributed by atoms with van der Waals surface area (Å²) in [6, 6.07) is 17.5. The Morgan fingerprint density at radius 1 is 1.17 bits per heavy atom. The molecular formula is C29H23BrF3N5O3S. The molecule has 0 aliphatic rings. The van der Waals surface area contributed by atoms with Crippen LogP contribution < -0.4 is 20.2 Å². The van der Waals surface area contributed by atoms with Gasteiger partial charge in [-0.2, -0.15) is 23.5 Å². The predicted octanol–water partition coefficient (Wildman–Crippen LogP) is 7.21. The van der Waals surface area contributed by atoms with Gasteiger partial charge in [-0.3, -0.25) is 4.79 Å². The Morgan fingerprint density at radius 3 is 2.74 bits per heavy atom. The number of nitrogens with zero attached hydrogens (tertiary/aromatic N) is 3. The van der Waals surface area contributed by atoms with E-state index in [0.29, 0.717) is 44.5 Å². The minimum atomic E-state index is -4.45. The quantitative estimate of drug-likeness (QED) is 0.130. The van der Waals surface area contributed by atoms with E-state index in [1.54, 1.807) is 29.6 Å². The van der Waals surface area contributed by atoms with Crippen LogP contribution in [0.2, 0.25) is 0 Å². The zero-order valence-corrected chi connectivity index (χ0v) is 24.4. The molecule has 1 aromatic heterocycles. The van der Waals surface area contributed by atoms with Gasteiger partial charge < -0.3 is 14.8 Å². The van der Waals surface area contributed by atoms with E-state index in [2.05, 4.69) is 42.8 Å². The molecule has 1 heterocycles. The van der Waals surface area contributed by atoms with Crippen LogP contribution in [0, 0.1) is 11.3 Å². The van der Waals surface area contributed by atoms with Crippen molar-refractivity contribution in [3.8, 4) is 17.6 Å². The van der Waals surface area contributed by atoms with Gasteiger partial charge in [0.25, 0.3) is 0 Å². The molecule has 0 saturated carbocycles. The molecule has 0 unspecified atom stereocenters. The molecule has 0 spiro atoms. The molecular weight excluding hydrogens is 635 g/mol. The van der Waals surface area contributed by atoms with Crippen LogP contribution in [0.1, 0.15) is 34.9 Å². The Balaban J connectivity index is 1.35. The second-order valence-electron chi connectivity index (χ2n) is 8.64. The van der Waals surface area contributed by atoms with E-state index in [0.717, 1.165) is 17.7 Å². The lowest BCUT2D eigenvalue weighted by Gasteiger charge is -2.15. The number of halogens is 4. The fraction of sp³-hybridized carbons (Fsp3) is 0.172. The Kier molecular flexibility index (Phi) is 10.2. The van der Waals surface area contributed by atoms with E-state index in [9.17, 15) is 23.2 Å². The Labute approximate surface area is 251 Å². The molecule has 42 heavy (non-hydrogen) atoms. The highest BCUT2D eigenvalue weighted by atomic mass is 79.9. The van der Waals surface area contributed by atoms with Crippen LogP contribution in [0.4, 0.5) is 24.0 Å². The predicted molar refractivity (Wildman–Crippen MR) is 157 cm³/mol. The number of nitrogens with one attached hydrogen (secondary N) is 2. The summed E-state index contributed by atoms with van der Waals surface area (Å²) in [5.41, 5.74) is 4.22. The van der Waals surface area contributed by atoms with Crippen LogP contribution in [0.15, 0.2) is 75.6 Å². The summed E-state index contributed by atoms with van der Waals surface area (Å²) in [6.07, 6.45) is -3.09. The van der Waals surface area contributed by atoms with Crippen LogP contribution in [0.3, 0.4) is 0 Å². The van der Waals surface area contributed by atoms with E-state index in [4.69, 9.17) is 9.47 Å². The highest BCUT2D eigenvalue weighted by molar-refractivity contribution is 9.10. The number of carbonyl (C=O) groups excluding carboxylic acids is 1. The van der Waals surface area contributed by atoms with Crippen molar-refractivity contribution in [1.82, 2.24) is 10.4 Å². The van der Waals surface area contributed by atoms with Gasteiger partial charge in [-0.15, -0.1) is 11.3 Å². The number of benzene rings is 3. The van der Waals surface area contributed by atoms with Gasteiger partial charge in [0.1, 0.15) is 6.61 Å². The number of hydrogen-bond donors (Lipinski definition) is 2. The van der Waals surface area contributed by atoms with Crippen LogP contribution in [0.25, 0.3) is 0 Å². The van der Waals surface area contributed by atoms with E-state index < -0.39 is 17.6 Å². The van der Waals surface area contributed by atoms with E-state index in [1.165, 1.54) is 29.7 Å². The first-order valence-corrected chi connectivity index (χ1v) is 14.1. The van der Waals surface area contributed by atoms with Gasteiger partial charge in [-0.1, -0.05) is 24.3 Å². The van der Waals surface area contributed by atoms with Crippen molar-refractivity contribution in [2.24, 2.45) is 5.10 Å². The van der Waals surface area contributed by atoms with Crippen molar-refractivity contribution >= 4 is 50.2 Å². The molecule has 2 N–H and O–H groups in total. The van der Waals surface area contributed by atoms with Crippen molar-refractivity contribution < 1.29 is 27.4 Å². The maximum atomic E-state index is 12.9. The number of rotatable bonds is 11. The van der Waals surface area contributed by atoms with Crippen LogP contribution in [-0.2, 0) is 24.0 Å². The molecule has 4 rings (SSSR count). The molecule has 0 saturated heterocycles. The van der Waals surface area contributed by atoms with Gasteiger partial charge in [-0.05, 0) is 64.8 Å². The number of nitriles is 1. The minimum Gasteiger partial charge on any atom is -0.490 e. The molecule has 0 fully saturated rings. The van der Waals surface area contributed by atoms with Crippen molar-refractivity contribution in [1.29, 1.82) is 5.26 Å². The minimum absolute atomic E-state index is 0.0804. The van der Waals surface area contributed by atoms with E-state index >= 15 is 0 Å². The Bertz CT molecular complexity index is 1640. The fourth-order valence-electron chi connectivity index (χ4n) is 3.70. The lowest BCUT2D eigenvalue weighted by atomic mass is 10.1. The third-order valence-corrected chi connectivity index (χ3v) is 6.97. The molecule has 0 aliphatic heterocycles. The number of carbonyl (C=O) groups is 1. The largest absolute Gasteiger partial charge is 0.490 e. The standard InChI is InChI=1S/C29H23BrF3N5O3S/c1-2-40-25-11-18(10-24(30)27(25)41-16-20-7-4-3-6-19(20)14-34)15-35-38-26(39)13-23-17-42-28(37-23)36-22-9-5-8-21(12-22)29(31,32)33/h3-12,15,17H,2,13,16H2,1H3,(H,36,37)(H,38,39)/b35-15-. The number of anilines is 2. The summed E-state index contributed by atoms with van der Waals surface area (Å²) in [5.74, 6) is 0.489. The van der Waals surface area contributed by atoms with Gasteiger partial charge in [0.05, 0.1) is 46.6 Å². The van der Waals surface area contributed by atoms with Crippen LogP contribution in [-0.4, -0.2) is 23.7 Å². The summed E-state index contributed by atoms with van der Waals surface area (Å²) in [4.78, 5) is 16.7. The second-order valence-corrected chi connectivity index (χ2v) is 10.4. The molecule has 0 bridgehead atoms. The molecule has 3 aromatic carbocycles. The molecule has 216 valence electrons. The number of thiazole rings is 1. The lowest BCUT2D eigenvalue weighted by Crippen LogP contribution is -2.20. The zero-order chi connectivity index (χ0) is 30.1. The van der Waals surface area contributed by atoms with E-state index in [1.807, 2.05) is 19.1 Å². The monoisotopic (exact) mass is 657 g/mol. The molecule has 0 radical (unpaired) electrons. The first-order valence-electron chi connectivity index (χ1n) is 12.4. The molecule has 1 amide bonds. The average Bonchev–Trinajstić information content (AvgIpc) is 3.39. The fourth-order valence-corrected chi connectivity index (χ4v) is 5.00. The number of hydrazone groups is 1. The number of hydrogen-bond acceptors (Lipinski definition) is 8. The summed E-state index contributed by atoms with van der Waals surface area (Å²) < 4.78 is 51.2. The first kappa shape index (κ1) is 30.5. The van der Waals surface area contributed by atoms with E-state index in [-0.39, 0.29) is 18.7 Å². The lowest BCUT2D eigenvalue weighted by molar-refractivity contribution is -0.137. The maximum Gasteiger partial charge on any atom is 0.416 e. The zero-order valence-electron chi connectivity index (χ0n) is 22.0. The molecule has 13 heteroatoms. The molecule has 0 aliphatic carbocycles. The third kappa shape index (κ3) is 8.31. The van der Waals surface area contributed by atoms with Crippen LogP contribution in [0.5, 0.6) is 11.5 Å². The van der Waals surface area contributed by atoms with Gasteiger partial charge in [0, 0.05) is 16.6 Å². The van der Waals surface area contributed by atoms with Crippen molar-refractivity contribution in [2.45, 2.75) is 26.1 Å². The van der Waals surface area contributed by atoms with Gasteiger partial charge in [0.15, 0.2) is 16.6 Å². The molecule has 8 nitrogen and oxygen atoms in total.